The van der Waals surface area contributed by atoms with E-state index in [4.69, 9.17) is 9.40 Å². The van der Waals surface area contributed by atoms with Gasteiger partial charge in [0, 0.05) is 28.5 Å². The highest BCUT2D eigenvalue weighted by Gasteiger charge is 2.70. The Hall–Kier alpha value is -1.67. The molecule has 8 heteroatoms. The number of aromatic nitrogens is 1. The molecule has 2 bridgehead atoms. The van der Waals surface area contributed by atoms with Crippen molar-refractivity contribution in [3.63, 3.8) is 0 Å². The molecule has 0 atom stereocenters. The summed E-state index contributed by atoms with van der Waals surface area (Å²) in [7, 11) is -3.25. The molecule has 0 unspecified atom stereocenters. The van der Waals surface area contributed by atoms with E-state index in [1.807, 2.05) is 0 Å². The molecule has 5 saturated carbocycles. The normalized spacial score (nSPS) is 32.3. The Kier molecular flexibility index (Phi) is 3.12. The van der Waals surface area contributed by atoms with Crippen LogP contribution in [0.25, 0.3) is 0 Å². The van der Waals surface area contributed by atoms with Crippen LogP contribution in [0.3, 0.4) is 0 Å². The summed E-state index contributed by atoms with van der Waals surface area (Å²) in [5.41, 5.74) is 1.27. The first kappa shape index (κ1) is 17.2. The molecule has 0 aromatic carbocycles. The van der Waals surface area contributed by atoms with Crippen molar-refractivity contribution in [2.45, 2.75) is 66.6 Å². The lowest BCUT2D eigenvalue weighted by Gasteiger charge is -2.69. The summed E-state index contributed by atoms with van der Waals surface area (Å²) in [6, 6.07) is 3.24. The van der Waals surface area contributed by atoms with Crippen LogP contribution in [0.2, 0.25) is 0 Å². The predicted octanol–water partition coefficient (Wildman–Crippen LogP) is 3.25. The second kappa shape index (κ2) is 5.08. The van der Waals surface area contributed by atoms with E-state index in [0.29, 0.717) is 24.5 Å². The highest BCUT2D eigenvalue weighted by Crippen LogP contribution is 2.68. The van der Waals surface area contributed by atoms with Crippen molar-refractivity contribution >= 4 is 27.1 Å². The number of sulfone groups is 1. The lowest BCUT2D eigenvalue weighted by atomic mass is 9.39. The molecule has 0 aliphatic heterocycles. The summed E-state index contributed by atoms with van der Waals surface area (Å²) < 4.78 is 28.8. The summed E-state index contributed by atoms with van der Waals surface area (Å²) in [6.07, 6.45) is 7.69. The summed E-state index contributed by atoms with van der Waals surface area (Å²) in [6.45, 7) is 0. The van der Waals surface area contributed by atoms with Gasteiger partial charge in [-0.25, -0.2) is 13.4 Å². The number of hydrogen-bond donors (Lipinski definition) is 1. The standard InChI is InChI=1S/C20H22N2O4S2/c1-28(24,25)20(6-7-20)15-5-4-14(26-15)16(23)22-19-9-18(10-19,11-19)17-21-13(8-27-17)12-2-3-12/h4-5,8,12H,2-3,6-7,9-11H2,1H3,(H,22,23). The van der Waals surface area contributed by atoms with Crippen LogP contribution in [0.15, 0.2) is 21.9 Å². The zero-order valence-corrected chi connectivity index (χ0v) is 17.3. The average molecular weight is 419 g/mol. The van der Waals surface area contributed by atoms with E-state index in [1.54, 1.807) is 23.5 Å². The van der Waals surface area contributed by atoms with Crippen LogP contribution >= 0.6 is 11.3 Å². The highest BCUT2D eigenvalue weighted by atomic mass is 32.2. The molecule has 2 heterocycles. The van der Waals surface area contributed by atoms with Crippen LogP contribution in [-0.2, 0) is 20.0 Å². The Bertz CT molecular complexity index is 1090. The molecule has 2 aromatic rings. The first-order chi connectivity index (χ1) is 13.2. The minimum Gasteiger partial charge on any atom is -0.454 e. The SMILES string of the molecule is CS(=O)(=O)C1(c2ccc(C(=O)NC34CC(c5nc(C6CC6)cs5)(C3)C4)o2)CC1. The van der Waals surface area contributed by atoms with Gasteiger partial charge in [-0.05, 0) is 57.1 Å². The first-order valence-corrected chi connectivity index (χ1v) is 12.6. The molecule has 28 heavy (non-hydrogen) atoms. The largest absolute Gasteiger partial charge is 0.454 e. The van der Waals surface area contributed by atoms with Crippen LogP contribution in [0.1, 0.15) is 77.9 Å². The van der Waals surface area contributed by atoms with Crippen LogP contribution in [-0.4, -0.2) is 31.1 Å². The van der Waals surface area contributed by atoms with Crippen LogP contribution in [0, 0.1) is 0 Å². The Morgan fingerprint density at radius 2 is 1.96 bits per heavy atom. The molecule has 6 nitrogen and oxygen atoms in total. The van der Waals surface area contributed by atoms with Gasteiger partial charge in [-0.2, -0.15) is 0 Å². The third-order valence-electron chi connectivity index (χ3n) is 7.07. The maximum Gasteiger partial charge on any atom is 0.287 e. The van der Waals surface area contributed by atoms with Gasteiger partial charge in [-0.1, -0.05) is 0 Å². The number of carbonyl (C=O) groups is 1. The van der Waals surface area contributed by atoms with Gasteiger partial charge in [0.1, 0.15) is 10.5 Å². The van der Waals surface area contributed by atoms with E-state index >= 15 is 0 Å². The van der Waals surface area contributed by atoms with E-state index in [1.165, 1.54) is 29.8 Å². The predicted molar refractivity (Wildman–Crippen MR) is 104 cm³/mol. The summed E-state index contributed by atoms with van der Waals surface area (Å²) >= 11 is 1.77. The number of hydrogen-bond acceptors (Lipinski definition) is 6. The summed E-state index contributed by atoms with van der Waals surface area (Å²) in [5.74, 6) is 1.03. The van der Waals surface area contributed by atoms with Crippen molar-refractivity contribution < 1.29 is 17.6 Å². The van der Waals surface area contributed by atoms with Gasteiger partial charge in [0.25, 0.3) is 5.91 Å². The molecule has 1 N–H and O–H groups in total. The summed E-state index contributed by atoms with van der Waals surface area (Å²) in [4.78, 5) is 17.5. The van der Waals surface area contributed by atoms with Crippen LogP contribution in [0.4, 0.5) is 0 Å². The van der Waals surface area contributed by atoms with Gasteiger partial charge in [0.05, 0.1) is 10.7 Å². The molecular formula is C20H22N2O4S2. The topological polar surface area (TPSA) is 89.3 Å². The summed E-state index contributed by atoms with van der Waals surface area (Å²) in [5, 5.41) is 6.57. The Morgan fingerprint density at radius 3 is 2.57 bits per heavy atom. The van der Waals surface area contributed by atoms with Gasteiger partial charge in [-0.15, -0.1) is 11.3 Å². The van der Waals surface area contributed by atoms with Gasteiger partial charge in [-0.3, -0.25) is 4.79 Å². The number of amides is 1. The van der Waals surface area contributed by atoms with Crippen molar-refractivity contribution in [2.24, 2.45) is 0 Å². The Labute approximate surface area is 167 Å². The molecular weight excluding hydrogens is 396 g/mol. The fraction of sp³-hybridized carbons (Fsp3) is 0.600. The molecule has 1 amide bonds. The maximum atomic E-state index is 12.7. The smallest absolute Gasteiger partial charge is 0.287 e. The molecule has 5 fully saturated rings. The lowest BCUT2D eigenvalue weighted by Crippen LogP contribution is -2.76. The molecule has 0 saturated heterocycles. The third kappa shape index (κ3) is 2.27. The number of nitrogens with zero attached hydrogens (tertiary/aromatic N) is 1. The zero-order valence-electron chi connectivity index (χ0n) is 15.7. The molecule has 148 valence electrons. The van der Waals surface area contributed by atoms with Crippen molar-refractivity contribution in [2.75, 3.05) is 6.26 Å². The molecule has 0 spiro atoms. The van der Waals surface area contributed by atoms with E-state index < -0.39 is 14.6 Å². The minimum atomic E-state index is -3.25. The van der Waals surface area contributed by atoms with E-state index in [-0.39, 0.29) is 22.6 Å². The number of thiazole rings is 1. The number of furan rings is 1. The molecule has 5 aliphatic carbocycles. The number of nitrogens with one attached hydrogen (secondary N) is 1. The first-order valence-electron chi connectivity index (χ1n) is 9.83. The number of carbonyl (C=O) groups excluding carboxylic acids is 1. The fourth-order valence-corrected chi connectivity index (χ4v) is 7.59. The second-order valence-electron chi connectivity index (χ2n) is 9.33. The molecule has 7 rings (SSSR count). The van der Waals surface area contributed by atoms with Gasteiger partial charge < -0.3 is 9.73 Å². The lowest BCUT2D eigenvalue weighted by molar-refractivity contribution is -0.0813. The quantitative estimate of drug-likeness (QED) is 0.778. The van der Waals surface area contributed by atoms with Gasteiger partial charge in [0.15, 0.2) is 15.6 Å². The van der Waals surface area contributed by atoms with Gasteiger partial charge in [0.2, 0.25) is 0 Å². The molecule has 5 aliphatic rings. The fourth-order valence-electron chi connectivity index (χ4n) is 5.16. The second-order valence-corrected chi connectivity index (χ2v) is 12.5. The van der Waals surface area contributed by atoms with E-state index in [2.05, 4.69) is 10.7 Å². The van der Waals surface area contributed by atoms with Crippen LogP contribution in [0.5, 0.6) is 0 Å². The Balaban J connectivity index is 1.13. The molecule has 2 aromatic heterocycles. The van der Waals surface area contributed by atoms with Crippen molar-refractivity contribution in [1.82, 2.24) is 10.3 Å². The van der Waals surface area contributed by atoms with E-state index in [9.17, 15) is 13.2 Å². The monoisotopic (exact) mass is 418 g/mol. The maximum absolute atomic E-state index is 12.7. The van der Waals surface area contributed by atoms with Crippen molar-refractivity contribution in [1.29, 1.82) is 0 Å². The van der Waals surface area contributed by atoms with E-state index in [0.717, 1.165) is 19.3 Å². The average Bonchev–Trinajstić information content (AvgIpc) is 3.49. The highest BCUT2D eigenvalue weighted by molar-refractivity contribution is 7.91. The minimum absolute atomic E-state index is 0.149. The third-order valence-corrected chi connectivity index (χ3v) is 10.2. The van der Waals surface area contributed by atoms with Crippen molar-refractivity contribution in [3.05, 3.63) is 39.7 Å². The van der Waals surface area contributed by atoms with Gasteiger partial charge >= 0.3 is 0 Å². The van der Waals surface area contributed by atoms with Crippen molar-refractivity contribution in [3.8, 4) is 0 Å². The molecule has 0 radical (unpaired) electrons. The van der Waals surface area contributed by atoms with Crippen LogP contribution < -0.4 is 5.32 Å². The number of rotatable bonds is 6. The Morgan fingerprint density at radius 1 is 1.25 bits per heavy atom. The zero-order chi connectivity index (χ0) is 19.4.